The van der Waals surface area contributed by atoms with Crippen LogP contribution < -0.4 is 0 Å². The summed E-state index contributed by atoms with van der Waals surface area (Å²) < 4.78 is 50.4. The van der Waals surface area contributed by atoms with Crippen molar-refractivity contribution < 1.29 is 17.6 Å². The van der Waals surface area contributed by atoms with Gasteiger partial charge >= 0.3 is 0 Å². The molecule has 14 heavy (non-hydrogen) atoms. The quantitative estimate of drug-likeness (QED) is 0.560. The van der Waals surface area contributed by atoms with Gasteiger partial charge in [-0.05, 0) is 17.7 Å². The van der Waals surface area contributed by atoms with Gasteiger partial charge in [-0.15, -0.1) is 0 Å². The molecule has 0 unspecified atom stereocenters. The van der Waals surface area contributed by atoms with Crippen LogP contribution in [0.4, 0.5) is 17.6 Å². The van der Waals surface area contributed by atoms with Crippen LogP contribution in [0.1, 0.15) is 11.1 Å². The lowest BCUT2D eigenvalue weighted by Gasteiger charge is -2.03. The normalized spacial score (nSPS) is 11.9. The second-order valence-corrected chi connectivity index (χ2v) is 3.09. The van der Waals surface area contributed by atoms with Crippen LogP contribution in [0.15, 0.2) is 18.5 Å². The fraction of sp³-hybridized carbons (Fsp3) is 0.111. The van der Waals surface area contributed by atoms with Crippen molar-refractivity contribution in [3.05, 3.63) is 41.2 Å². The van der Waals surface area contributed by atoms with E-state index in [0.717, 1.165) is 12.1 Å². The Labute approximate surface area is 86.4 Å². The zero-order valence-corrected chi connectivity index (χ0v) is 8.41. The molecule has 76 valence electrons. The van der Waals surface area contributed by atoms with Crippen molar-refractivity contribution in [1.82, 2.24) is 0 Å². The Bertz CT molecular complexity index is 350. The predicted molar refractivity (Wildman–Crippen MR) is 49.2 cm³/mol. The number of hydrogen-bond donors (Lipinski definition) is 0. The highest BCUT2D eigenvalue weighted by molar-refractivity contribution is 9.08. The Balaban J connectivity index is 3.32. The third-order valence-electron chi connectivity index (χ3n) is 1.59. The standard InChI is InChI=1S/C9H5BrF4/c10-3-5-1-6(12)9(7(13)2-5)8(14)4-11/h1-2,4H,3H2/b8-4-. The zero-order valence-electron chi connectivity index (χ0n) is 6.83. The summed E-state index contributed by atoms with van der Waals surface area (Å²) >= 11 is 2.99. The molecule has 0 heterocycles. The highest BCUT2D eigenvalue weighted by atomic mass is 79.9. The molecule has 1 aromatic carbocycles. The lowest BCUT2D eigenvalue weighted by Crippen LogP contribution is -1.94. The molecule has 0 saturated heterocycles. The number of hydrogen-bond acceptors (Lipinski definition) is 0. The Morgan fingerprint density at radius 1 is 1.29 bits per heavy atom. The zero-order chi connectivity index (χ0) is 10.7. The molecule has 1 rings (SSSR count). The lowest BCUT2D eigenvalue weighted by molar-refractivity contribution is 0.559. The minimum atomic E-state index is -1.55. The van der Waals surface area contributed by atoms with Crippen LogP contribution in [-0.4, -0.2) is 0 Å². The predicted octanol–water partition coefficient (Wildman–Crippen LogP) is 4.10. The molecule has 0 aliphatic rings. The van der Waals surface area contributed by atoms with Gasteiger partial charge in [0.1, 0.15) is 18.0 Å². The van der Waals surface area contributed by atoms with Gasteiger partial charge in [0.15, 0.2) is 5.83 Å². The van der Waals surface area contributed by atoms with E-state index in [-0.39, 0.29) is 5.33 Å². The topological polar surface area (TPSA) is 0 Å². The van der Waals surface area contributed by atoms with Gasteiger partial charge in [0, 0.05) is 5.33 Å². The first kappa shape index (κ1) is 11.2. The van der Waals surface area contributed by atoms with Crippen molar-refractivity contribution in [2.75, 3.05) is 0 Å². The maximum absolute atomic E-state index is 13.0. The van der Waals surface area contributed by atoms with E-state index in [0.29, 0.717) is 5.56 Å². The second-order valence-electron chi connectivity index (χ2n) is 2.53. The molecule has 0 spiro atoms. The molecular weight excluding hydrogens is 264 g/mol. The Kier molecular flexibility index (Phi) is 3.69. The lowest BCUT2D eigenvalue weighted by atomic mass is 10.1. The van der Waals surface area contributed by atoms with E-state index in [4.69, 9.17) is 0 Å². The second kappa shape index (κ2) is 4.59. The maximum Gasteiger partial charge on any atom is 0.164 e. The van der Waals surface area contributed by atoms with Crippen LogP contribution in [-0.2, 0) is 5.33 Å². The molecular formula is C9H5BrF4. The molecule has 5 heteroatoms. The van der Waals surface area contributed by atoms with Gasteiger partial charge in [-0.2, -0.15) is 0 Å². The average Bonchev–Trinajstić information content (AvgIpc) is 2.16. The van der Waals surface area contributed by atoms with E-state index < -0.39 is 29.4 Å². The highest BCUT2D eigenvalue weighted by Gasteiger charge is 2.15. The summed E-state index contributed by atoms with van der Waals surface area (Å²) in [5.41, 5.74) is -0.660. The summed E-state index contributed by atoms with van der Waals surface area (Å²) in [6, 6.07) is 1.88. The van der Waals surface area contributed by atoms with E-state index in [2.05, 4.69) is 15.9 Å². The third-order valence-corrected chi connectivity index (χ3v) is 2.24. The molecule has 0 bridgehead atoms. The minimum Gasteiger partial charge on any atom is -0.212 e. The molecule has 1 aromatic rings. The summed E-state index contributed by atoms with van der Waals surface area (Å²) in [5.74, 6) is -3.79. The van der Waals surface area contributed by atoms with Crippen molar-refractivity contribution in [2.45, 2.75) is 5.33 Å². The molecule has 0 atom stereocenters. The smallest absolute Gasteiger partial charge is 0.164 e. The first-order chi connectivity index (χ1) is 6.60. The molecule has 0 saturated carbocycles. The fourth-order valence-corrected chi connectivity index (χ4v) is 1.31. The number of alkyl halides is 1. The Morgan fingerprint density at radius 2 is 1.79 bits per heavy atom. The molecule has 0 amide bonds. The number of benzene rings is 1. The Morgan fingerprint density at radius 3 is 2.14 bits per heavy atom. The summed E-state index contributed by atoms with van der Waals surface area (Å²) in [6.07, 6.45) is -0.477. The molecule has 0 nitrogen and oxygen atoms in total. The first-order valence-electron chi connectivity index (χ1n) is 3.60. The van der Waals surface area contributed by atoms with Gasteiger partial charge in [0.05, 0.1) is 5.56 Å². The van der Waals surface area contributed by atoms with Crippen LogP contribution >= 0.6 is 15.9 Å². The van der Waals surface area contributed by atoms with Gasteiger partial charge in [0.2, 0.25) is 0 Å². The van der Waals surface area contributed by atoms with E-state index in [9.17, 15) is 17.6 Å². The monoisotopic (exact) mass is 268 g/mol. The van der Waals surface area contributed by atoms with Gasteiger partial charge in [0.25, 0.3) is 0 Å². The van der Waals surface area contributed by atoms with Crippen LogP contribution in [0.2, 0.25) is 0 Å². The van der Waals surface area contributed by atoms with Crippen LogP contribution in [0.3, 0.4) is 0 Å². The van der Waals surface area contributed by atoms with E-state index in [1.807, 2.05) is 0 Å². The van der Waals surface area contributed by atoms with Gasteiger partial charge in [-0.1, -0.05) is 15.9 Å². The van der Waals surface area contributed by atoms with Crippen molar-refractivity contribution in [3.8, 4) is 0 Å². The van der Waals surface area contributed by atoms with Crippen LogP contribution in [0.25, 0.3) is 5.83 Å². The van der Waals surface area contributed by atoms with Gasteiger partial charge < -0.3 is 0 Å². The largest absolute Gasteiger partial charge is 0.212 e. The summed E-state index contributed by atoms with van der Waals surface area (Å²) in [7, 11) is 0. The van der Waals surface area contributed by atoms with Crippen molar-refractivity contribution in [1.29, 1.82) is 0 Å². The summed E-state index contributed by atoms with van der Waals surface area (Å²) in [6.45, 7) is 0. The summed E-state index contributed by atoms with van der Waals surface area (Å²) in [4.78, 5) is 0. The molecule has 0 radical (unpaired) electrons. The van der Waals surface area contributed by atoms with Crippen molar-refractivity contribution >= 4 is 21.8 Å². The summed E-state index contributed by atoms with van der Waals surface area (Å²) in [5, 5.41) is 0.238. The molecule has 0 aliphatic heterocycles. The fourth-order valence-electron chi connectivity index (χ4n) is 0.985. The molecule has 0 N–H and O–H groups in total. The number of rotatable bonds is 2. The van der Waals surface area contributed by atoms with Crippen molar-refractivity contribution in [3.63, 3.8) is 0 Å². The molecule has 0 fully saturated rings. The number of halogens is 5. The van der Waals surface area contributed by atoms with Gasteiger partial charge in [-0.25, -0.2) is 17.6 Å². The molecule has 0 aliphatic carbocycles. The maximum atomic E-state index is 13.0. The van der Waals surface area contributed by atoms with E-state index in [1.165, 1.54) is 0 Å². The van der Waals surface area contributed by atoms with E-state index >= 15 is 0 Å². The first-order valence-corrected chi connectivity index (χ1v) is 4.72. The minimum absolute atomic E-state index is 0.238. The van der Waals surface area contributed by atoms with Crippen LogP contribution in [0, 0.1) is 11.6 Å². The highest BCUT2D eigenvalue weighted by Crippen LogP contribution is 2.25. The van der Waals surface area contributed by atoms with Crippen LogP contribution in [0.5, 0.6) is 0 Å². The SMILES string of the molecule is F/C=C(\F)c1c(F)cc(CBr)cc1F. The van der Waals surface area contributed by atoms with Gasteiger partial charge in [-0.3, -0.25) is 0 Å². The van der Waals surface area contributed by atoms with E-state index in [1.54, 1.807) is 0 Å². The van der Waals surface area contributed by atoms with Crippen molar-refractivity contribution in [2.24, 2.45) is 0 Å². The molecule has 0 aromatic heterocycles. The third kappa shape index (κ3) is 2.15. The Hall–Kier alpha value is -0.840. The average molecular weight is 269 g/mol.